The highest BCUT2D eigenvalue weighted by Crippen LogP contribution is 2.39. The molecule has 1 aliphatic rings. The third kappa shape index (κ3) is 2.64. The monoisotopic (exact) mass is 302 g/mol. The second-order valence-corrected chi connectivity index (χ2v) is 6.78. The summed E-state index contributed by atoms with van der Waals surface area (Å²) in [4.78, 5) is 8.50. The van der Waals surface area contributed by atoms with Gasteiger partial charge in [-0.2, -0.15) is 5.10 Å². The first-order chi connectivity index (χ1) is 10.3. The second kappa shape index (κ2) is 4.95. The van der Waals surface area contributed by atoms with Gasteiger partial charge in [-0.3, -0.25) is 0 Å². The molecule has 118 valence electrons. The largest absolute Gasteiger partial charge is 0.393 e. The molecule has 1 atom stereocenters. The lowest BCUT2D eigenvalue weighted by Gasteiger charge is -2.28. The van der Waals surface area contributed by atoms with E-state index in [0.29, 0.717) is 17.3 Å². The predicted molar refractivity (Wildman–Crippen MR) is 84.8 cm³/mol. The van der Waals surface area contributed by atoms with E-state index in [1.165, 1.54) is 6.33 Å². The number of rotatable bonds is 3. The molecule has 2 aromatic rings. The zero-order chi connectivity index (χ0) is 16.0. The highest BCUT2D eigenvalue weighted by Gasteiger charge is 2.46. The Morgan fingerprint density at radius 2 is 2.09 bits per heavy atom. The predicted octanol–water partition coefficient (Wildman–Crippen LogP) is 2.00. The first-order valence-corrected chi connectivity index (χ1v) is 7.36. The summed E-state index contributed by atoms with van der Waals surface area (Å²) in [6.07, 6.45) is 5.85. The van der Waals surface area contributed by atoms with Gasteiger partial charge in [-0.1, -0.05) is 0 Å². The smallest absolute Gasteiger partial charge is 0.181 e. The second-order valence-electron chi connectivity index (χ2n) is 6.78. The quantitative estimate of drug-likeness (QED) is 0.901. The van der Waals surface area contributed by atoms with Crippen LogP contribution in [0.1, 0.15) is 34.1 Å². The Morgan fingerprint density at radius 3 is 2.68 bits per heavy atom. The molecule has 0 bridgehead atoms. The number of nitrogen functional groups attached to an aromatic ring is 1. The van der Waals surface area contributed by atoms with E-state index in [0.717, 1.165) is 6.42 Å². The molecule has 7 nitrogen and oxygen atoms in total. The molecule has 1 aliphatic heterocycles. The van der Waals surface area contributed by atoms with E-state index in [-0.39, 0.29) is 17.2 Å². The summed E-state index contributed by atoms with van der Waals surface area (Å²) >= 11 is 0. The molecule has 22 heavy (non-hydrogen) atoms. The van der Waals surface area contributed by atoms with Crippen molar-refractivity contribution in [2.24, 2.45) is 0 Å². The maximum atomic E-state index is 6.22. The van der Waals surface area contributed by atoms with Crippen LogP contribution in [0, 0.1) is 0 Å². The minimum absolute atomic E-state index is 0.116. The number of ether oxygens (including phenoxy) is 1. The number of nitrogens with zero attached hydrogens (tertiary/aromatic N) is 4. The van der Waals surface area contributed by atoms with Gasteiger partial charge in [-0.05, 0) is 40.2 Å². The Morgan fingerprint density at radius 1 is 1.32 bits per heavy atom. The Hall–Kier alpha value is -2.15. The Kier molecular flexibility index (Phi) is 3.32. The first-order valence-electron chi connectivity index (χ1n) is 7.36. The molecule has 1 saturated heterocycles. The van der Waals surface area contributed by atoms with Crippen molar-refractivity contribution in [2.45, 2.75) is 51.4 Å². The zero-order valence-electron chi connectivity index (χ0n) is 13.4. The summed E-state index contributed by atoms with van der Waals surface area (Å²) in [5.74, 6) is 1.18. The molecular formula is C15H22N6O. The normalized spacial score (nSPS) is 22.6. The first kappa shape index (κ1) is 14.8. The summed E-state index contributed by atoms with van der Waals surface area (Å²) in [5.41, 5.74) is 6.23. The summed E-state index contributed by atoms with van der Waals surface area (Å²) < 4.78 is 7.73. The summed E-state index contributed by atoms with van der Waals surface area (Å²) in [7, 11) is 0. The maximum Gasteiger partial charge on any atom is 0.181 e. The van der Waals surface area contributed by atoms with E-state index in [9.17, 15) is 0 Å². The van der Waals surface area contributed by atoms with Gasteiger partial charge in [0.25, 0.3) is 0 Å². The van der Waals surface area contributed by atoms with Crippen LogP contribution in [0.3, 0.4) is 0 Å². The number of hydrogen-bond donors (Lipinski definition) is 2. The van der Waals surface area contributed by atoms with Crippen LogP contribution in [-0.4, -0.2) is 37.0 Å². The fraction of sp³-hybridized carbons (Fsp3) is 0.533. The molecule has 0 saturated carbocycles. The van der Waals surface area contributed by atoms with Gasteiger partial charge in [0.15, 0.2) is 11.6 Å². The average molecular weight is 302 g/mol. The fourth-order valence-electron chi connectivity index (χ4n) is 3.03. The lowest BCUT2D eigenvalue weighted by atomic mass is 9.94. The van der Waals surface area contributed by atoms with Crippen LogP contribution in [0.25, 0.3) is 5.82 Å². The van der Waals surface area contributed by atoms with Crippen molar-refractivity contribution in [1.82, 2.24) is 19.7 Å². The number of aromatic nitrogens is 4. The molecule has 1 fully saturated rings. The SMILES string of the molecule is CC1(C)CC(Nc2ncnc(-n3cccn3)c2N)C(C)(C)O1. The molecule has 7 heteroatoms. The summed E-state index contributed by atoms with van der Waals surface area (Å²) in [5, 5.41) is 7.58. The van der Waals surface area contributed by atoms with E-state index in [1.54, 1.807) is 17.1 Å². The van der Waals surface area contributed by atoms with Crippen LogP contribution in [-0.2, 0) is 4.74 Å². The van der Waals surface area contributed by atoms with Gasteiger partial charge in [0.1, 0.15) is 12.0 Å². The van der Waals surface area contributed by atoms with Gasteiger partial charge < -0.3 is 15.8 Å². The van der Waals surface area contributed by atoms with Gasteiger partial charge in [-0.15, -0.1) is 0 Å². The molecule has 0 radical (unpaired) electrons. The maximum absolute atomic E-state index is 6.22. The van der Waals surface area contributed by atoms with Crippen molar-refractivity contribution in [3.05, 3.63) is 24.8 Å². The standard InChI is InChI=1S/C15H22N6O/c1-14(2)8-10(15(3,4)22-14)20-12-11(16)13(18-9-17-12)21-7-5-6-19-21/h5-7,9-10H,8,16H2,1-4H3,(H,17,18,20). The van der Waals surface area contributed by atoms with Gasteiger partial charge in [0, 0.05) is 12.4 Å². The summed E-state index contributed by atoms with van der Waals surface area (Å²) in [6.45, 7) is 8.33. The molecule has 0 amide bonds. The molecule has 0 spiro atoms. The van der Waals surface area contributed by atoms with E-state index < -0.39 is 0 Å². The molecule has 3 rings (SSSR count). The Labute approximate surface area is 129 Å². The number of hydrogen-bond acceptors (Lipinski definition) is 6. The van der Waals surface area contributed by atoms with E-state index in [2.05, 4.69) is 48.1 Å². The minimum Gasteiger partial charge on any atom is -0.393 e. The van der Waals surface area contributed by atoms with Crippen molar-refractivity contribution in [2.75, 3.05) is 11.1 Å². The van der Waals surface area contributed by atoms with Crippen LogP contribution in [0.4, 0.5) is 11.5 Å². The van der Waals surface area contributed by atoms with E-state index in [4.69, 9.17) is 10.5 Å². The van der Waals surface area contributed by atoms with Crippen LogP contribution in [0.15, 0.2) is 24.8 Å². The van der Waals surface area contributed by atoms with Gasteiger partial charge >= 0.3 is 0 Å². The number of anilines is 2. The Bertz CT molecular complexity index is 665. The van der Waals surface area contributed by atoms with Crippen LogP contribution >= 0.6 is 0 Å². The van der Waals surface area contributed by atoms with E-state index in [1.807, 2.05) is 6.07 Å². The highest BCUT2D eigenvalue weighted by atomic mass is 16.5. The average Bonchev–Trinajstić information content (AvgIpc) is 2.98. The minimum atomic E-state index is -0.299. The van der Waals surface area contributed by atoms with Gasteiger partial charge in [0.2, 0.25) is 0 Å². The van der Waals surface area contributed by atoms with Crippen LogP contribution in [0.2, 0.25) is 0 Å². The van der Waals surface area contributed by atoms with Crippen LogP contribution in [0.5, 0.6) is 0 Å². The topological polar surface area (TPSA) is 90.9 Å². The zero-order valence-corrected chi connectivity index (χ0v) is 13.4. The number of nitrogens with one attached hydrogen (secondary N) is 1. The van der Waals surface area contributed by atoms with Crippen molar-refractivity contribution in [3.63, 3.8) is 0 Å². The van der Waals surface area contributed by atoms with Crippen molar-refractivity contribution in [1.29, 1.82) is 0 Å². The molecule has 1 unspecified atom stereocenters. The molecule has 2 aromatic heterocycles. The van der Waals surface area contributed by atoms with Crippen molar-refractivity contribution in [3.8, 4) is 5.82 Å². The molecule has 0 aliphatic carbocycles. The highest BCUT2D eigenvalue weighted by molar-refractivity contribution is 5.69. The lowest BCUT2D eigenvalue weighted by Crippen LogP contribution is -2.38. The molecule has 3 N–H and O–H groups in total. The van der Waals surface area contributed by atoms with Gasteiger partial charge in [-0.25, -0.2) is 14.6 Å². The van der Waals surface area contributed by atoms with E-state index >= 15 is 0 Å². The Balaban J connectivity index is 1.89. The van der Waals surface area contributed by atoms with Crippen LogP contribution < -0.4 is 11.1 Å². The summed E-state index contributed by atoms with van der Waals surface area (Å²) in [6, 6.07) is 1.94. The molecule has 0 aromatic carbocycles. The van der Waals surface area contributed by atoms with Gasteiger partial charge in [0.05, 0.1) is 17.2 Å². The third-order valence-electron chi connectivity index (χ3n) is 3.97. The molecular weight excluding hydrogens is 280 g/mol. The van der Waals surface area contributed by atoms with Crippen molar-refractivity contribution < 1.29 is 4.74 Å². The number of nitrogens with two attached hydrogens (primary N) is 1. The lowest BCUT2D eigenvalue weighted by molar-refractivity contribution is -0.0662. The fourth-order valence-corrected chi connectivity index (χ4v) is 3.03. The molecule has 3 heterocycles. The van der Waals surface area contributed by atoms with Crippen molar-refractivity contribution >= 4 is 11.5 Å². The third-order valence-corrected chi connectivity index (χ3v) is 3.97.